The van der Waals surface area contributed by atoms with Crippen LogP contribution in [0.4, 0.5) is 11.4 Å². The largest absolute Gasteiger partial charge is 0.388 e. The van der Waals surface area contributed by atoms with E-state index in [1.54, 1.807) is 38.2 Å². The molecule has 1 atom stereocenters. The van der Waals surface area contributed by atoms with Crippen molar-refractivity contribution in [2.45, 2.75) is 13.0 Å². The summed E-state index contributed by atoms with van der Waals surface area (Å²) >= 11 is 0. The van der Waals surface area contributed by atoms with Gasteiger partial charge in [0.1, 0.15) is 5.69 Å². The van der Waals surface area contributed by atoms with Crippen LogP contribution in [-0.2, 0) is 9.63 Å². The number of carbonyl (C=O) groups is 1. The lowest BCUT2D eigenvalue weighted by Gasteiger charge is -2.18. The molecule has 5 heteroatoms. The third-order valence-electron chi connectivity index (χ3n) is 2.04. The number of hydrogen-bond acceptors (Lipinski definition) is 5. The van der Waals surface area contributed by atoms with Gasteiger partial charge in [0.15, 0.2) is 0 Å². The summed E-state index contributed by atoms with van der Waals surface area (Å²) in [5.74, 6) is -0.549. The standard InChI is InChI=1S/C13H16N2O3/c1-4-13(17)18-15(3)12-8-6-5-7-11(12)14-9-10(2)16/h4-10,16H,1H2,2-3H3. The summed E-state index contributed by atoms with van der Waals surface area (Å²) in [5.41, 5.74) is 1.21. The molecule has 0 spiro atoms. The van der Waals surface area contributed by atoms with Crippen molar-refractivity contribution in [2.24, 2.45) is 4.99 Å². The van der Waals surface area contributed by atoms with Crippen LogP contribution in [0.25, 0.3) is 0 Å². The molecule has 0 amide bonds. The van der Waals surface area contributed by atoms with Crippen molar-refractivity contribution in [3.05, 3.63) is 36.9 Å². The summed E-state index contributed by atoms with van der Waals surface area (Å²) in [6.07, 6.45) is 1.85. The van der Waals surface area contributed by atoms with Crippen LogP contribution in [-0.4, -0.2) is 30.4 Å². The van der Waals surface area contributed by atoms with Crippen LogP contribution < -0.4 is 5.06 Å². The van der Waals surface area contributed by atoms with Gasteiger partial charge < -0.3 is 9.94 Å². The fourth-order valence-electron chi connectivity index (χ4n) is 1.25. The number of aliphatic hydroxyl groups is 1. The topological polar surface area (TPSA) is 62.1 Å². The molecule has 96 valence electrons. The fraction of sp³-hybridized carbons (Fsp3) is 0.231. The van der Waals surface area contributed by atoms with E-state index in [1.807, 2.05) is 0 Å². The molecule has 1 rings (SSSR count). The van der Waals surface area contributed by atoms with Crippen molar-refractivity contribution in [3.63, 3.8) is 0 Å². The van der Waals surface area contributed by atoms with Crippen LogP contribution in [0.2, 0.25) is 0 Å². The Bertz CT molecular complexity index is 455. The van der Waals surface area contributed by atoms with E-state index < -0.39 is 12.1 Å². The Labute approximate surface area is 106 Å². The summed E-state index contributed by atoms with van der Waals surface area (Å²) < 4.78 is 0. The molecule has 1 N–H and O–H groups in total. The maximum Gasteiger partial charge on any atom is 0.355 e. The SMILES string of the molecule is C=CC(=O)ON(C)c1ccccc1N=CC(C)O. The molecule has 1 aromatic carbocycles. The molecule has 0 aliphatic rings. The van der Waals surface area contributed by atoms with Crippen molar-refractivity contribution in [3.8, 4) is 0 Å². The summed E-state index contributed by atoms with van der Waals surface area (Å²) in [6.45, 7) is 4.93. The van der Waals surface area contributed by atoms with Gasteiger partial charge in [0, 0.05) is 19.3 Å². The number of para-hydroxylation sites is 2. The number of carbonyl (C=O) groups excluding carboxylic acids is 1. The van der Waals surface area contributed by atoms with Crippen LogP contribution in [0, 0.1) is 0 Å². The summed E-state index contributed by atoms with van der Waals surface area (Å²) in [7, 11) is 1.60. The van der Waals surface area contributed by atoms with Gasteiger partial charge >= 0.3 is 5.97 Å². The zero-order chi connectivity index (χ0) is 13.5. The minimum absolute atomic E-state index is 0.549. The molecule has 0 bridgehead atoms. The van der Waals surface area contributed by atoms with Gasteiger partial charge in [-0.2, -0.15) is 0 Å². The van der Waals surface area contributed by atoms with Crippen LogP contribution in [0.3, 0.4) is 0 Å². The Kier molecular flexibility index (Phi) is 5.07. The van der Waals surface area contributed by atoms with E-state index in [4.69, 9.17) is 9.94 Å². The van der Waals surface area contributed by atoms with Gasteiger partial charge in [-0.1, -0.05) is 18.7 Å². The van der Waals surface area contributed by atoms with E-state index in [9.17, 15) is 4.79 Å². The average molecular weight is 248 g/mol. The minimum Gasteiger partial charge on any atom is -0.388 e. The van der Waals surface area contributed by atoms with E-state index in [0.717, 1.165) is 6.08 Å². The summed E-state index contributed by atoms with van der Waals surface area (Å²) in [5, 5.41) is 10.5. The predicted molar refractivity (Wildman–Crippen MR) is 71.0 cm³/mol. The van der Waals surface area contributed by atoms with Gasteiger partial charge in [-0.25, -0.2) is 9.86 Å². The predicted octanol–water partition coefficient (Wildman–Crippen LogP) is 1.85. The fourth-order valence-corrected chi connectivity index (χ4v) is 1.25. The number of rotatable bonds is 5. The van der Waals surface area contributed by atoms with Crippen LogP contribution >= 0.6 is 0 Å². The second-order valence-corrected chi connectivity index (χ2v) is 3.62. The molecule has 0 saturated heterocycles. The van der Waals surface area contributed by atoms with E-state index in [2.05, 4.69) is 11.6 Å². The molecule has 0 saturated carbocycles. The Morgan fingerprint density at radius 2 is 2.22 bits per heavy atom. The van der Waals surface area contributed by atoms with Gasteiger partial charge in [0.25, 0.3) is 0 Å². The lowest BCUT2D eigenvalue weighted by molar-refractivity contribution is -0.138. The molecule has 1 unspecified atom stereocenters. The number of aliphatic hydroxyl groups excluding tert-OH is 1. The molecule has 0 aliphatic carbocycles. The first-order chi connectivity index (χ1) is 8.54. The monoisotopic (exact) mass is 248 g/mol. The molecule has 0 heterocycles. The number of benzene rings is 1. The second-order valence-electron chi connectivity index (χ2n) is 3.62. The van der Waals surface area contributed by atoms with Crippen molar-refractivity contribution in [2.75, 3.05) is 12.1 Å². The highest BCUT2D eigenvalue weighted by Gasteiger charge is 2.09. The van der Waals surface area contributed by atoms with Crippen molar-refractivity contribution >= 4 is 23.6 Å². The molecule has 5 nitrogen and oxygen atoms in total. The van der Waals surface area contributed by atoms with Gasteiger partial charge in [-0.05, 0) is 19.1 Å². The number of hydrogen-bond donors (Lipinski definition) is 1. The van der Waals surface area contributed by atoms with Crippen LogP contribution in [0.15, 0.2) is 41.9 Å². The molecule has 0 radical (unpaired) electrons. The van der Waals surface area contributed by atoms with Gasteiger partial charge in [-0.3, -0.25) is 4.99 Å². The number of hydroxylamine groups is 1. The Hall–Kier alpha value is -2.14. The van der Waals surface area contributed by atoms with Crippen molar-refractivity contribution in [1.82, 2.24) is 0 Å². The first-order valence-corrected chi connectivity index (χ1v) is 5.44. The molecule has 18 heavy (non-hydrogen) atoms. The number of aliphatic imine (C=N–C) groups is 1. The first kappa shape index (κ1) is 13.9. The number of anilines is 1. The lowest BCUT2D eigenvalue weighted by Crippen LogP contribution is -2.21. The van der Waals surface area contributed by atoms with E-state index in [1.165, 1.54) is 11.3 Å². The molecule has 0 aromatic heterocycles. The minimum atomic E-state index is -0.640. The third-order valence-corrected chi connectivity index (χ3v) is 2.04. The Morgan fingerprint density at radius 3 is 2.83 bits per heavy atom. The normalized spacial score (nSPS) is 12.2. The van der Waals surface area contributed by atoms with E-state index in [-0.39, 0.29) is 0 Å². The maximum absolute atomic E-state index is 11.1. The molecular weight excluding hydrogens is 232 g/mol. The van der Waals surface area contributed by atoms with Crippen molar-refractivity contribution in [1.29, 1.82) is 0 Å². The van der Waals surface area contributed by atoms with Crippen LogP contribution in [0.1, 0.15) is 6.92 Å². The Balaban J connectivity index is 2.94. The molecule has 0 aliphatic heterocycles. The zero-order valence-corrected chi connectivity index (χ0v) is 10.4. The smallest absolute Gasteiger partial charge is 0.355 e. The van der Waals surface area contributed by atoms with Gasteiger partial charge in [-0.15, -0.1) is 0 Å². The molecule has 0 fully saturated rings. The third kappa shape index (κ3) is 4.03. The highest BCUT2D eigenvalue weighted by molar-refractivity contribution is 5.83. The first-order valence-electron chi connectivity index (χ1n) is 5.44. The maximum atomic E-state index is 11.1. The average Bonchev–Trinajstić information content (AvgIpc) is 2.36. The van der Waals surface area contributed by atoms with Crippen molar-refractivity contribution < 1.29 is 14.7 Å². The van der Waals surface area contributed by atoms with Gasteiger partial charge in [0.2, 0.25) is 0 Å². The van der Waals surface area contributed by atoms with E-state index >= 15 is 0 Å². The van der Waals surface area contributed by atoms with Gasteiger partial charge in [0.05, 0.1) is 11.8 Å². The summed E-state index contributed by atoms with van der Waals surface area (Å²) in [4.78, 5) is 20.2. The van der Waals surface area contributed by atoms with Crippen LogP contribution in [0.5, 0.6) is 0 Å². The van der Waals surface area contributed by atoms with E-state index in [0.29, 0.717) is 11.4 Å². The highest BCUT2D eigenvalue weighted by atomic mass is 16.7. The molecule has 1 aromatic rings. The highest BCUT2D eigenvalue weighted by Crippen LogP contribution is 2.27. The summed E-state index contributed by atoms with van der Waals surface area (Å²) in [6, 6.07) is 7.12. The second kappa shape index (κ2) is 6.56. The quantitative estimate of drug-likeness (QED) is 0.490. The zero-order valence-electron chi connectivity index (χ0n) is 10.4. The Morgan fingerprint density at radius 1 is 1.56 bits per heavy atom. The number of nitrogens with zero attached hydrogens (tertiary/aromatic N) is 2. The lowest BCUT2D eigenvalue weighted by atomic mass is 10.2. The molecular formula is C13H16N2O3.